The highest BCUT2D eigenvalue weighted by Crippen LogP contribution is 2.36. The molecular weight excluding hydrogens is 331 g/mol. The highest BCUT2D eigenvalue weighted by atomic mass is 19.4. The van der Waals surface area contributed by atoms with Crippen LogP contribution in [-0.4, -0.2) is 21.4 Å². The zero-order valence-electron chi connectivity index (χ0n) is 13.7. The fraction of sp³-hybridized carbons (Fsp3) is 0.222. The van der Waals surface area contributed by atoms with Crippen LogP contribution in [0.25, 0.3) is 16.9 Å². The first-order valence-electron chi connectivity index (χ1n) is 7.73. The topological polar surface area (TPSA) is 39.9 Å². The lowest BCUT2D eigenvalue weighted by Crippen LogP contribution is -2.04. The molecule has 2 heterocycles. The molecule has 0 fully saturated rings. The molecule has 0 unspecified atom stereocenters. The van der Waals surface area contributed by atoms with E-state index in [1.807, 2.05) is 19.9 Å². The molecule has 0 saturated carbocycles. The van der Waals surface area contributed by atoms with Crippen molar-refractivity contribution in [3.8, 4) is 22.8 Å². The van der Waals surface area contributed by atoms with Gasteiger partial charge < -0.3 is 4.74 Å². The number of pyridine rings is 1. The third kappa shape index (κ3) is 3.35. The van der Waals surface area contributed by atoms with E-state index in [1.165, 1.54) is 12.1 Å². The smallest absolute Gasteiger partial charge is 0.416 e. The van der Waals surface area contributed by atoms with E-state index in [4.69, 9.17) is 4.74 Å². The molecule has 0 radical (unpaired) electrons. The summed E-state index contributed by atoms with van der Waals surface area (Å²) in [5.74, 6) is 0.976. The molecule has 0 bridgehead atoms. The fourth-order valence-corrected chi connectivity index (χ4v) is 2.57. The van der Waals surface area contributed by atoms with E-state index in [1.54, 1.807) is 23.0 Å². The Morgan fingerprint density at radius 3 is 2.36 bits per heavy atom. The Bertz CT molecular complexity index is 856. The van der Waals surface area contributed by atoms with Crippen LogP contribution in [-0.2, 0) is 6.18 Å². The second kappa shape index (κ2) is 6.58. The number of hydrogen-bond acceptors (Lipinski definition) is 3. The molecule has 0 aliphatic heterocycles. The van der Waals surface area contributed by atoms with Crippen molar-refractivity contribution in [1.82, 2.24) is 14.8 Å². The van der Waals surface area contributed by atoms with Gasteiger partial charge in [-0.05, 0) is 43.7 Å². The first-order chi connectivity index (χ1) is 11.9. The van der Waals surface area contributed by atoms with Crippen LogP contribution in [0.15, 0.2) is 48.7 Å². The third-order valence-electron chi connectivity index (χ3n) is 3.73. The van der Waals surface area contributed by atoms with Gasteiger partial charge in [-0.15, -0.1) is 5.10 Å². The molecule has 4 nitrogen and oxygen atoms in total. The molecule has 0 aliphatic carbocycles. The zero-order chi connectivity index (χ0) is 18.0. The summed E-state index contributed by atoms with van der Waals surface area (Å²) in [7, 11) is 0. The molecule has 2 aromatic heterocycles. The van der Waals surface area contributed by atoms with Crippen LogP contribution in [0, 0.1) is 6.92 Å². The average molecular weight is 347 g/mol. The maximum atomic E-state index is 12.8. The number of hydrogen-bond donors (Lipinski definition) is 0. The first-order valence-corrected chi connectivity index (χ1v) is 7.73. The lowest BCUT2D eigenvalue weighted by atomic mass is 10.0. The van der Waals surface area contributed by atoms with E-state index in [0.29, 0.717) is 29.4 Å². The predicted molar refractivity (Wildman–Crippen MR) is 87.7 cm³/mol. The SMILES string of the molecule is CCOc1nn(-c2ccccn2)c(C)c1-c1ccc(C(F)(F)F)cc1. The number of benzene rings is 1. The Hall–Kier alpha value is -2.83. The van der Waals surface area contributed by atoms with E-state index < -0.39 is 11.7 Å². The van der Waals surface area contributed by atoms with E-state index in [2.05, 4.69) is 10.1 Å². The number of alkyl halides is 3. The molecule has 7 heteroatoms. The van der Waals surface area contributed by atoms with Crippen molar-refractivity contribution in [3.05, 3.63) is 59.9 Å². The third-order valence-corrected chi connectivity index (χ3v) is 3.73. The Kier molecular flexibility index (Phi) is 4.48. The normalized spacial score (nSPS) is 11.6. The van der Waals surface area contributed by atoms with Gasteiger partial charge >= 0.3 is 6.18 Å². The summed E-state index contributed by atoms with van der Waals surface area (Å²) >= 11 is 0. The van der Waals surface area contributed by atoms with Crippen LogP contribution in [0.5, 0.6) is 5.88 Å². The molecule has 0 N–H and O–H groups in total. The van der Waals surface area contributed by atoms with E-state index in [9.17, 15) is 13.2 Å². The van der Waals surface area contributed by atoms with Crippen molar-refractivity contribution < 1.29 is 17.9 Å². The van der Waals surface area contributed by atoms with Gasteiger partial charge in [0.15, 0.2) is 5.82 Å². The highest BCUT2D eigenvalue weighted by Gasteiger charge is 2.30. The first kappa shape index (κ1) is 17.0. The second-order valence-corrected chi connectivity index (χ2v) is 5.37. The molecular formula is C18H16F3N3O. The summed E-state index contributed by atoms with van der Waals surface area (Å²) < 4.78 is 45.5. The summed E-state index contributed by atoms with van der Waals surface area (Å²) in [6.07, 6.45) is -2.72. The van der Waals surface area contributed by atoms with Crippen LogP contribution in [0.2, 0.25) is 0 Å². The number of aromatic nitrogens is 3. The number of nitrogens with zero attached hydrogens (tertiary/aromatic N) is 3. The summed E-state index contributed by atoms with van der Waals surface area (Å²) in [4.78, 5) is 4.26. The van der Waals surface area contributed by atoms with E-state index in [-0.39, 0.29) is 0 Å². The largest absolute Gasteiger partial charge is 0.476 e. The number of ether oxygens (including phenoxy) is 1. The van der Waals surface area contributed by atoms with Gasteiger partial charge in [-0.1, -0.05) is 18.2 Å². The van der Waals surface area contributed by atoms with E-state index in [0.717, 1.165) is 17.8 Å². The summed E-state index contributed by atoms with van der Waals surface area (Å²) in [5.41, 5.74) is 1.31. The quantitative estimate of drug-likeness (QED) is 0.689. The Morgan fingerprint density at radius 1 is 1.08 bits per heavy atom. The van der Waals surface area contributed by atoms with Crippen LogP contribution in [0.4, 0.5) is 13.2 Å². The molecule has 3 rings (SSSR count). The van der Waals surface area contributed by atoms with Gasteiger partial charge in [-0.25, -0.2) is 9.67 Å². The zero-order valence-corrected chi connectivity index (χ0v) is 13.7. The molecule has 0 amide bonds. The Balaban J connectivity index is 2.10. The van der Waals surface area contributed by atoms with Crippen LogP contribution >= 0.6 is 0 Å². The van der Waals surface area contributed by atoms with Gasteiger partial charge in [0.25, 0.3) is 0 Å². The molecule has 0 aliphatic rings. The molecule has 0 saturated heterocycles. The number of rotatable bonds is 4. The van der Waals surface area contributed by atoms with Crippen molar-refractivity contribution >= 4 is 0 Å². The van der Waals surface area contributed by atoms with Crippen molar-refractivity contribution in [2.45, 2.75) is 20.0 Å². The van der Waals surface area contributed by atoms with Crippen LogP contribution < -0.4 is 4.74 Å². The van der Waals surface area contributed by atoms with Crippen molar-refractivity contribution in [2.24, 2.45) is 0 Å². The van der Waals surface area contributed by atoms with Gasteiger partial charge in [-0.2, -0.15) is 13.2 Å². The standard InChI is InChI=1S/C18H16F3N3O/c1-3-25-17-16(13-7-9-14(10-8-13)18(19,20)21)12(2)24(23-17)15-6-4-5-11-22-15/h4-11H,3H2,1-2H3. The van der Waals surface area contributed by atoms with Crippen LogP contribution in [0.3, 0.4) is 0 Å². The second-order valence-electron chi connectivity index (χ2n) is 5.37. The minimum absolute atomic E-state index is 0.366. The van der Waals surface area contributed by atoms with Crippen molar-refractivity contribution in [1.29, 1.82) is 0 Å². The average Bonchev–Trinajstić information content (AvgIpc) is 2.92. The summed E-state index contributed by atoms with van der Waals surface area (Å²) in [6, 6.07) is 10.4. The van der Waals surface area contributed by atoms with Gasteiger partial charge in [-0.3, -0.25) is 0 Å². The van der Waals surface area contributed by atoms with E-state index >= 15 is 0 Å². The predicted octanol–water partition coefficient (Wildman–Crippen LogP) is 4.66. The number of halogens is 3. The molecule has 25 heavy (non-hydrogen) atoms. The maximum absolute atomic E-state index is 12.8. The Morgan fingerprint density at radius 2 is 1.80 bits per heavy atom. The minimum atomic E-state index is -4.37. The fourth-order valence-electron chi connectivity index (χ4n) is 2.57. The minimum Gasteiger partial charge on any atom is -0.476 e. The van der Waals surface area contributed by atoms with Gasteiger partial charge in [0.1, 0.15) is 0 Å². The summed E-state index contributed by atoms with van der Waals surface area (Å²) in [6.45, 7) is 4.05. The lowest BCUT2D eigenvalue weighted by molar-refractivity contribution is -0.137. The molecule has 0 atom stereocenters. The van der Waals surface area contributed by atoms with Crippen molar-refractivity contribution in [2.75, 3.05) is 6.61 Å². The molecule has 3 aromatic rings. The monoisotopic (exact) mass is 347 g/mol. The molecule has 130 valence electrons. The maximum Gasteiger partial charge on any atom is 0.416 e. The van der Waals surface area contributed by atoms with Gasteiger partial charge in [0, 0.05) is 6.20 Å². The molecule has 1 aromatic carbocycles. The van der Waals surface area contributed by atoms with Crippen LogP contribution in [0.1, 0.15) is 18.2 Å². The van der Waals surface area contributed by atoms with Crippen molar-refractivity contribution in [3.63, 3.8) is 0 Å². The lowest BCUT2D eigenvalue weighted by Gasteiger charge is -2.09. The summed E-state index contributed by atoms with van der Waals surface area (Å²) in [5, 5.41) is 4.43. The molecule has 0 spiro atoms. The Labute approximate surface area is 142 Å². The highest BCUT2D eigenvalue weighted by molar-refractivity contribution is 5.72. The van der Waals surface area contributed by atoms with Gasteiger partial charge in [0.05, 0.1) is 23.4 Å². The van der Waals surface area contributed by atoms with Gasteiger partial charge in [0.2, 0.25) is 5.88 Å².